The van der Waals surface area contributed by atoms with Crippen LogP contribution in [-0.4, -0.2) is 20.5 Å². The lowest BCUT2D eigenvalue weighted by molar-refractivity contribution is 0.0955. The van der Waals surface area contributed by atoms with Crippen LogP contribution in [0.2, 0.25) is 0 Å². The zero-order valence-electron chi connectivity index (χ0n) is 15.4. The van der Waals surface area contributed by atoms with Crippen LogP contribution >= 0.6 is 0 Å². The number of amides is 1. The van der Waals surface area contributed by atoms with E-state index in [4.69, 9.17) is 0 Å². The molecule has 7 heteroatoms. The molecule has 3 aromatic rings. The maximum atomic E-state index is 12.3. The van der Waals surface area contributed by atoms with Gasteiger partial charge in [-0.1, -0.05) is 54.6 Å². The first-order chi connectivity index (χ1) is 14.0. The molecule has 3 aromatic carbocycles. The number of hydrazone groups is 1. The molecule has 0 aliphatic heterocycles. The van der Waals surface area contributed by atoms with E-state index in [1.54, 1.807) is 24.3 Å². The number of nitrogens with zero attached hydrogens (tertiary/aromatic N) is 1. The third kappa shape index (κ3) is 5.88. The van der Waals surface area contributed by atoms with Gasteiger partial charge in [0.15, 0.2) is 0 Å². The molecule has 0 aliphatic carbocycles. The van der Waals surface area contributed by atoms with E-state index in [-0.39, 0.29) is 4.90 Å². The maximum Gasteiger partial charge on any atom is 0.271 e. The lowest BCUT2D eigenvalue weighted by Crippen LogP contribution is -2.17. The molecule has 0 saturated carbocycles. The topological polar surface area (TPSA) is 87.6 Å². The van der Waals surface area contributed by atoms with Crippen LogP contribution in [0, 0.1) is 0 Å². The highest BCUT2D eigenvalue weighted by molar-refractivity contribution is 7.92. The minimum atomic E-state index is -3.67. The SMILES string of the molecule is O=C(N/N=C\C=C\c1ccccc1)c1ccc(NS(=O)(=O)c2ccccc2)cc1. The molecule has 0 aromatic heterocycles. The number of hydrogen-bond donors (Lipinski definition) is 2. The first-order valence-electron chi connectivity index (χ1n) is 8.78. The fraction of sp³-hybridized carbons (Fsp3) is 0. The van der Waals surface area contributed by atoms with Crippen LogP contribution in [-0.2, 0) is 10.0 Å². The number of carbonyl (C=O) groups excluding carboxylic acids is 1. The number of allylic oxidation sites excluding steroid dienone is 1. The molecule has 0 fully saturated rings. The molecule has 0 unspecified atom stereocenters. The highest BCUT2D eigenvalue weighted by Gasteiger charge is 2.13. The van der Waals surface area contributed by atoms with Crippen molar-refractivity contribution < 1.29 is 13.2 Å². The third-order valence-corrected chi connectivity index (χ3v) is 5.26. The third-order valence-electron chi connectivity index (χ3n) is 3.87. The van der Waals surface area contributed by atoms with Gasteiger partial charge >= 0.3 is 0 Å². The second-order valence-electron chi connectivity index (χ2n) is 5.98. The van der Waals surface area contributed by atoms with Gasteiger partial charge in [-0.2, -0.15) is 5.10 Å². The maximum absolute atomic E-state index is 12.3. The second kappa shape index (κ2) is 9.48. The molecule has 0 aliphatic rings. The molecule has 1 amide bonds. The Balaban J connectivity index is 1.56. The van der Waals surface area contributed by atoms with Gasteiger partial charge < -0.3 is 0 Å². The van der Waals surface area contributed by atoms with E-state index in [0.717, 1.165) is 5.56 Å². The van der Waals surface area contributed by atoms with Crippen LogP contribution in [0.3, 0.4) is 0 Å². The Morgan fingerprint density at radius 1 is 0.828 bits per heavy atom. The molecule has 0 radical (unpaired) electrons. The summed E-state index contributed by atoms with van der Waals surface area (Å²) in [6.07, 6.45) is 5.06. The summed E-state index contributed by atoms with van der Waals surface area (Å²) in [5.41, 5.74) is 4.17. The van der Waals surface area contributed by atoms with Gasteiger partial charge in [0, 0.05) is 17.5 Å². The largest absolute Gasteiger partial charge is 0.280 e. The van der Waals surface area contributed by atoms with Gasteiger partial charge in [0.2, 0.25) is 0 Å². The van der Waals surface area contributed by atoms with Gasteiger partial charge in [0.1, 0.15) is 0 Å². The summed E-state index contributed by atoms with van der Waals surface area (Å²) in [7, 11) is -3.67. The van der Waals surface area contributed by atoms with Crippen molar-refractivity contribution >= 4 is 33.9 Å². The van der Waals surface area contributed by atoms with E-state index >= 15 is 0 Å². The van der Waals surface area contributed by atoms with Gasteiger partial charge in [0.05, 0.1) is 4.90 Å². The van der Waals surface area contributed by atoms with E-state index < -0.39 is 15.9 Å². The molecule has 0 saturated heterocycles. The van der Waals surface area contributed by atoms with Gasteiger partial charge in [-0.05, 0) is 48.0 Å². The summed E-state index contributed by atoms with van der Waals surface area (Å²) in [4.78, 5) is 12.3. The first kappa shape index (κ1) is 20.0. The molecule has 29 heavy (non-hydrogen) atoms. The molecule has 0 spiro atoms. The Morgan fingerprint density at radius 3 is 2.10 bits per heavy atom. The van der Waals surface area contributed by atoms with Crippen molar-refractivity contribution in [3.63, 3.8) is 0 Å². The molecule has 0 heterocycles. The van der Waals surface area contributed by atoms with Crippen LogP contribution < -0.4 is 10.1 Å². The van der Waals surface area contributed by atoms with Crippen molar-refractivity contribution in [3.8, 4) is 0 Å². The molecular formula is C22H19N3O3S. The highest BCUT2D eigenvalue weighted by atomic mass is 32.2. The number of sulfonamides is 1. The van der Waals surface area contributed by atoms with Crippen molar-refractivity contribution in [2.45, 2.75) is 4.90 Å². The standard InChI is InChI=1S/C22H19N3O3S/c26-22(24-23-17-7-10-18-8-3-1-4-9-18)19-13-15-20(16-14-19)25-29(27,28)21-11-5-2-6-12-21/h1-17,25H,(H,24,26)/b10-7+,23-17-. The molecule has 0 atom stereocenters. The summed E-state index contributed by atoms with van der Waals surface area (Å²) in [6, 6.07) is 23.9. The van der Waals surface area contributed by atoms with Crippen LogP contribution in [0.5, 0.6) is 0 Å². The molecular weight excluding hydrogens is 386 g/mol. The van der Waals surface area contributed by atoms with Gasteiger partial charge in [0.25, 0.3) is 15.9 Å². The van der Waals surface area contributed by atoms with Crippen molar-refractivity contribution in [3.05, 3.63) is 102 Å². The average molecular weight is 405 g/mol. The van der Waals surface area contributed by atoms with Crippen molar-refractivity contribution in [1.82, 2.24) is 5.43 Å². The summed E-state index contributed by atoms with van der Waals surface area (Å²) in [6.45, 7) is 0. The summed E-state index contributed by atoms with van der Waals surface area (Å²) < 4.78 is 27.1. The van der Waals surface area contributed by atoms with Crippen molar-refractivity contribution in [2.24, 2.45) is 5.10 Å². The van der Waals surface area contributed by atoms with Crippen LogP contribution in [0.25, 0.3) is 6.08 Å². The number of hydrogen-bond acceptors (Lipinski definition) is 4. The van der Waals surface area contributed by atoms with Gasteiger partial charge in [-0.25, -0.2) is 13.8 Å². The number of rotatable bonds is 7. The average Bonchev–Trinajstić information content (AvgIpc) is 2.75. The zero-order valence-corrected chi connectivity index (χ0v) is 16.2. The lowest BCUT2D eigenvalue weighted by atomic mass is 10.2. The molecule has 0 bridgehead atoms. The molecule has 6 nitrogen and oxygen atoms in total. The van der Waals surface area contributed by atoms with Gasteiger partial charge in [-0.15, -0.1) is 0 Å². The van der Waals surface area contributed by atoms with Crippen LogP contribution in [0.4, 0.5) is 5.69 Å². The summed E-state index contributed by atoms with van der Waals surface area (Å²) >= 11 is 0. The zero-order chi connectivity index (χ0) is 20.5. The van der Waals surface area contributed by atoms with Crippen LogP contribution in [0.1, 0.15) is 15.9 Å². The fourth-order valence-corrected chi connectivity index (χ4v) is 3.50. The Kier molecular flexibility index (Phi) is 6.55. The van der Waals surface area contributed by atoms with E-state index in [1.807, 2.05) is 36.4 Å². The lowest BCUT2D eigenvalue weighted by Gasteiger charge is -2.08. The van der Waals surface area contributed by atoms with E-state index in [1.165, 1.54) is 42.6 Å². The Labute approximate surface area is 169 Å². The van der Waals surface area contributed by atoms with E-state index in [0.29, 0.717) is 11.3 Å². The van der Waals surface area contributed by atoms with Gasteiger partial charge in [-0.3, -0.25) is 9.52 Å². The highest BCUT2D eigenvalue weighted by Crippen LogP contribution is 2.16. The predicted molar refractivity (Wildman–Crippen MR) is 115 cm³/mol. The molecule has 3 rings (SSSR count). The van der Waals surface area contributed by atoms with E-state index in [9.17, 15) is 13.2 Å². The first-order valence-corrected chi connectivity index (χ1v) is 10.3. The monoisotopic (exact) mass is 405 g/mol. The van der Waals surface area contributed by atoms with Crippen molar-refractivity contribution in [2.75, 3.05) is 4.72 Å². The minimum Gasteiger partial charge on any atom is -0.280 e. The molecule has 146 valence electrons. The second-order valence-corrected chi connectivity index (χ2v) is 7.67. The summed E-state index contributed by atoms with van der Waals surface area (Å²) in [5.74, 6) is -0.396. The van der Waals surface area contributed by atoms with Crippen molar-refractivity contribution in [1.29, 1.82) is 0 Å². The number of carbonyl (C=O) groups is 1. The Bertz CT molecular complexity index is 1110. The summed E-state index contributed by atoms with van der Waals surface area (Å²) in [5, 5.41) is 3.86. The fourth-order valence-electron chi connectivity index (χ4n) is 2.43. The molecule has 2 N–H and O–H groups in total. The smallest absolute Gasteiger partial charge is 0.271 e. The quantitative estimate of drug-likeness (QED) is 0.461. The Hall–Kier alpha value is -3.71. The van der Waals surface area contributed by atoms with Crippen LogP contribution in [0.15, 0.2) is 101 Å². The number of nitrogens with one attached hydrogen (secondary N) is 2. The Morgan fingerprint density at radius 2 is 1.45 bits per heavy atom. The van der Waals surface area contributed by atoms with E-state index in [2.05, 4.69) is 15.2 Å². The normalized spacial score (nSPS) is 11.6. The predicted octanol–water partition coefficient (Wildman–Crippen LogP) is 3.92. The minimum absolute atomic E-state index is 0.166. The number of anilines is 1. The number of benzene rings is 3.